The number of carbonyl (C=O) groups is 1. The normalized spacial score (nSPS) is 18.0. The Morgan fingerprint density at radius 2 is 2.09 bits per heavy atom. The van der Waals surface area contributed by atoms with Crippen molar-refractivity contribution in [2.75, 3.05) is 13.6 Å². The molecule has 122 valence electrons. The maximum Gasteiger partial charge on any atom is 0.246 e. The fourth-order valence-corrected chi connectivity index (χ4v) is 3.58. The summed E-state index contributed by atoms with van der Waals surface area (Å²) >= 11 is 1.61. The zero-order valence-corrected chi connectivity index (χ0v) is 14.7. The van der Waals surface area contributed by atoms with E-state index in [2.05, 4.69) is 25.8 Å². The second-order valence-corrected chi connectivity index (χ2v) is 8.34. The summed E-state index contributed by atoms with van der Waals surface area (Å²) in [6.45, 7) is 6.79. The molecule has 4 nitrogen and oxygen atoms in total. The number of carbonyl (C=O) groups excluding carboxylic acids is 1. The van der Waals surface area contributed by atoms with Gasteiger partial charge in [0.05, 0.1) is 10.6 Å². The number of thiazole rings is 1. The van der Waals surface area contributed by atoms with E-state index >= 15 is 0 Å². The lowest BCUT2D eigenvalue weighted by Gasteiger charge is -2.27. The van der Waals surface area contributed by atoms with E-state index < -0.39 is 5.60 Å². The van der Waals surface area contributed by atoms with Gasteiger partial charge in [0.15, 0.2) is 0 Å². The van der Waals surface area contributed by atoms with E-state index in [1.165, 1.54) is 0 Å². The van der Waals surface area contributed by atoms with Crippen LogP contribution in [0.4, 0.5) is 0 Å². The lowest BCUT2D eigenvalue weighted by atomic mass is 9.98. The Balaban J connectivity index is 1.94. The SMILES string of the molecule is CN(CC1(O)CCCC1)C(=O)/C=C/c1cnc(C(C)(C)C)s1. The lowest BCUT2D eigenvalue weighted by molar-refractivity contribution is -0.127. The third kappa shape index (κ3) is 4.40. The molecular formula is C17H26N2O2S. The maximum atomic E-state index is 12.2. The molecule has 1 heterocycles. The number of likely N-dealkylation sites (N-methyl/N-ethyl adjacent to an activating group) is 1. The molecule has 0 aromatic carbocycles. The first-order chi connectivity index (χ1) is 10.2. The molecule has 1 aliphatic rings. The highest BCUT2D eigenvalue weighted by molar-refractivity contribution is 7.12. The Bertz CT molecular complexity index is 551. The van der Waals surface area contributed by atoms with Crippen LogP contribution >= 0.6 is 11.3 Å². The summed E-state index contributed by atoms with van der Waals surface area (Å²) < 4.78 is 0. The van der Waals surface area contributed by atoms with Crippen molar-refractivity contribution in [1.29, 1.82) is 0 Å². The number of hydrogen-bond acceptors (Lipinski definition) is 4. The fraction of sp³-hybridized carbons (Fsp3) is 0.647. The summed E-state index contributed by atoms with van der Waals surface area (Å²) in [4.78, 5) is 19.2. The van der Waals surface area contributed by atoms with Crippen molar-refractivity contribution in [2.45, 2.75) is 57.5 Å². The summed E-state index contributed by atoms with van der Waals surface area (Å²) in [5.74, 6) is -0.0777. The smallest absolute Gasteiger partial charge is 0.246 e. The molecular weight excluding hydrogens is 296 g/mol. The second kappa shape index (κ2) is 6.50. The van der Waals surface area contributed by atoms with E-state index in [1.54, 1.807) is 35.6 Å². The monoisotopic (exact) mass is 322 g/mol. The van der Waals surface area contributed by atoms with Crippen LogP contribution in [0.1, 0.15) is 56.3 Å². The summed E-state index contributed by atoms with van der Waals surface area (Å²) in [6.07, 6.45) is 8.86. The number of rotatable bonds is 4. The summed E-state index contributed by atoms with van der Waals surface area (Å²) in [5.41, 5.74) is -0.661. The molecule has 1 fully saturated rings. The highest BCUT2D eigenvalue weighted by Crippen LogP contribution is 2.30. The van der Waals surface area contributed by atoms with Gasteiger partial charge in [0, 0.05) is 36.2 Å². The van der Waals surface area contributed by atoms with Crippen LogP contribution in [0.15, 0.2) is 12.3 Å². The van der Waals surface area contributed by atoms with Crippen LogP contribution in [0.2, 0.25) is 0 Å². The van der Waals surface area contributed by atoms with Gasteiger partial charge in [-0.1, -0.05) is 33.6 Å². The van der Waals surface area contributed by atoms with Crippen LogP contribution in [0.3, 0.4) is 0 Å². The molecule has 0 aliphatic heterocycles. The number of amides is 1. The zero-order chi connectivity index (χ0) is 16.4. The van der Waals surface area contributed by atoms with Gasteiger partial charge in [-0.15, -0.1) is 11.3 Å². The van der Waals surface area contributed by atoms with Crippen LogP contribution in [-0.2, 0) is 10.2 Å². The molecule has 1 aromatic heterocycles. The fourth-order valence-electron chi connectivity index (χ4n) is 2.70. The highest BCUT2D eigenvalue weighted by Gasteiger charge is 2.33. The molecule has 1 saturated carbocycles. The Kier molecular flexibility index (Phi) is 5.07. The van der Waals surface area contributed by atoms with Gasteiger partial charge in [-0.05, 0) is 18.9 Å². The van der Waals surface area contributed by atoms with Crippen LogP contribution in [0.5, 0.6) is 0 Å². The average Bonchev–Trinajstić information content (AvgIpc) is 3.04. The first-order valence-corrected chi connectivity index (χ1v) is 8.63. The standard InChI is InChI=1S/C17H26N2O2S/c1-16(2,3)15-18-11-13(22-15)7-8-14(20)19(4)12-17(21)9-5-6-10-17/h7-8,11,21H,5-6,9-10,12H2,1-4H3/b8-7+. The predicted octanol–water partition coefficient (Wildman–Crippen LogP) is 3.22. The van der Waals surface area contributed by atoms with Crippen LogP contribution in [-0.4, -0.2) is 40.1 Å². The van der Waals surface area contributed by atoms with E-state index in [4.69, 9.17) is 0 Å². The van der Waals surface area contributed by atoms with E-state index in [-0.39, 0.29) is 11.3 Å². The van der Waals surface area contributed by atoms with Gasteiger partial charge in [0.1, 0.15) is 0 Å². The van der Waals surface area contributed by atoms with Gasteiger partial charge in [0.25, 0.3) is 0 Å². The molecule has 1 amide bonds. The molecule has 1 N–H and O–H groups in total. The van der Waals surface area contributed by atoms with E-state index in [0.29, 0.717) is 6.54 Å². The van der Waals surface area contributed by atoms with E-state index in [0.717, 1.165) is 35.6 Å². The summed E-state index contributed by atoms with van der Waals surface area (Å²) in [5, 5.41) is 11.4. The molecule has 1 aliphatic carbocycles. The van der Waals surface area contributed by atoms with Crippen molar-refractivity contribution in [1.82, 2.24) is 9.88 Å². The van der Waals surface area contributed by atoms with Crippen LogP contribution < -0.4 is 0 Å². The Hall–Kier alpha value is -1.20. The molecule has 0 radical (unpaired) electrons. The van der Waals surface area contributed by atoms with Crippen molar-refractivity contribution >= 4 is 23.3 Å². The second-order valence-electron chi connectivity index (χ2n) is 7.28. The minimum Gasteiger partial charge on any atom is -0.388 e. The van der Waals surface area contributed by atoms with E-state index in [1.807, 2.05) is 6.08 Å². The van der Waals surface area contributed by atoms with Gasteiger partial charge in [0.2, 0.25) is 5.91 Å². The molecule has 0 atom stereocenters. The molecule has 0 bridgehead atoms. The number of aliphatic hydroxyl groups is 1. The summed E-state index contributed by atoms with van der Waals surface area (Å²) in [7, 11) is 1.75. The number of nitrogens with zero attached hydrogens (tertiary/aromatic N) is 2. The molecule has 0 unspecified atom stereocenters. The van der Waals surface area contributed by atoms with Crippen molar-refractivity contribution in [2.24, 2.45) is 0 Å². The van der Waals surface area contributed by atoms with Crippen molar-refractivity contribution in [3.63, 3.8) is 0 Å². The molecule has 1 aromatic rings. The molecule has 0 saturated heterocycles. The Morgan fingerprint density at radius 1 is 1.45 bits per heavy atom. The first kappa shape index (κ1) is 17.2. The molecule has 0 spiro atoms. The van der Waals surface area contributed by atoms with Gasteiger partial charge in [-0.3, -0.25) is 4.79 Å². The highest BCUT2D eigenvalue weighted by atomic mass is 32.1. The quantitative estimate of drug-likeness (QED) is 0.866. The number of aromatic nitrogens is 1. The van der Waals surface area contributed by atoms with Crippen LogP contribution in [0, 0.1) is 0 Å². The molecule has 2 rings (SSSR count). The van der Waals surface area contributed by atoms with Gasteiger partial charge in [-0.25, -0.2) is 4.98 Å². The van der Waals surface area contributed by atoms with Crippen molar-refractivity contribution < 1.29 is 9.90 Å². The Labute approximate surface area is 136 Å². The third-order valence-corrected chi connectivity index (χ3v) is 5.39. The third-order valence-electron chi connectivity index (χ3n) is 4.00. The largest absolute Gasteiger partial charge is 0.388 e. The Morgan fingerprint density at radius 3 is 2.64 bits per heavy atom. The lowest BCUT2D eigenvalue weighted by Crippen LogP contribution is -2.41. The number of hydrogen-bond donors (Lipinski definition) is 1. The molecule has 5 heteroatoms. The summed E-state index contributed by atoms with van der Waals surface area (Å²) in [6, 6.07) is 0. The molecule has 22 heavy (non-hydrogen) atoms. The minimum absolute atomic E-state index is 0.0311. The average molecular weight is 322 g/mol. The minimum atomic E-state index is -0.692. The van der Waals surface area contributed by atoms with Gasteiger partial charge >= 0.3 is 0 Å². The van der Waals surface area contributed by atoms with Gasteiger partial charge in [-0.2, -0.15) is 0 Å². The van der Waals surface area contributed by atoms with Crippen molar-refractivity contribution in [3.8, 4) is 0 Å². The predicted molar refractivity (Wildman–Crippen MR) is 90.9 cm³/mol. The van der Waals surface area contributed by atoms with Gasteiger partial charge < -0.3 is 10.0 Å². The van der Waals surface area contributed by atoms with E-state index in [9.17, 15) is 9.90 Å². The maximum absolute atomic E-state index is 12.2. The zero-order valence-electron chi connectivity index (χ0n) is 13.9. The van der Waals surface area contributed by atoms with Crippen molar-refractivity contribution in [3.05, 3.63) is 22.2 Å². The first-order valence-electron chi connectivity index (χ1n) is 7.81. The topological polar surface area (TPSA) is 53.4 Å². The van der Waals surface area contributed by atoms with Crippen LogP contribution in [0.25, 0.3) is 6.08 Å².